The van der Waals surface area contributed by atoms with Crippen molar-refractivity contribution in [2.75, 3.05) is 19.8 Å². The minimum absolute atomic E-state index is 0.129. The van der Waals surface area contributed by atoms with Crippen LogP contribution in [0, 0.1) is 0 Å². The fraction of sp³-hybridized carbons (Fsp3) is 0.625. The maximum Gasteiger partial charge on any atom is 0.411 e. The summed E-state index contributed by atoms with van der Waals surface area (Å²) in [7, 11) is 0. The minimum Gasteiger partial charge on any atom is -0.463 e. The average molecular weight is 212 g/mol. The Labute approximate surface area is 79.5 Å². The van der Waals surface area contributed by atoms with Crippen molar-refractivity contribution in [3.05, 3.63) is 12.2 Å². The summed E-state index contributed by atoms with van der Waals surface area (Å²) in [6, 6.07) is 0. The van der Waals surface area contributed by atoms with Crippen LogP contribution in [0.2, 0.25) is 0 Å². The monoisotopic (exact) mass is 212 g/mol. The molecule has 14 heavy (non-hydrogen) atoms. The second kappa shape index (κ2) is 5.64. The summed E-state index contributed by atoms with van der Waals surface area (Å²) in [4.78, 5) is 10.8. The Morgan fingerprint density at radius 2 is 2.00 bits per heavy atom. The highest BCUT2D eigenvalue weighted by Crippen LogP contribution is 2.14. The average Bonchev–Trinajstić information content (AvgIpc) is 2.02. The predicted molar refractivity (Wildman–Crippen MR) is 42.6 cm³/mol. The first-order chi connectivity index (χ1) is 6.37. The first kappa shape index (κ1) is 13.0. The number of carbonyl (C=O) groups is 1. The van der Waals surface area contributed by atoms with Crippen LogP contribution >= 0.6 is 0 Å². The molecule has 0 fully saturated rings. The van der Waals surface area contributed by atoms with E-state index in [2.05, 4.69) is 16.1 Å². The maximum atomic E-state index is 11.6. The van der Waals surface area contributed by atoms with Crippen LogP contribution in [0.25, 0.3) is 0 Å². The van der Waals surface area contributed by atoms with Crippen LogP contribution in [0.5, 0.6) is 0 Å². The fourth-order valence-corrected chi connectivity index (χ4v) is 0.582. The zero-order chi connectivity index (χ0) is 11.2. The molecule has 0 bridgehead atoms. The van der Waals surface area contributed by atoms with E-state index in [0.29, 0.717) is 0 Å². The van der Waals surface area contributed by atoms with Crippen molar-refractivity contribution in [3.8, 4) is 0 Å². The van der Waals surface area contributed by atoms with Gasteiger partial charge in [-0.25, -0.2) is 4.79 Å². The fourth-order valence-electron chi connectivity index (χ4n) is 0.582. The number of hydrogen-bond donors (Lipinski definition) is 0. The first-order valence-corrected chi connectivity index (χ1v) is 3.86. The van der Waals surface area contributed by atoms with E-state index >= 15 is 0 Å². The summed E-state index contributed by atoms with van der Waals surface area (Å²) < 4.78 is 43.4. The van der Waals surface area contributed by atoms with E-state index in [0.717, 1.165) is 0 Å². The summed E-state index contributed by atoms with van der Waals surface area (Å²) in [6.07, 6.45) is -4.39. The Kier molecular flexibility index (Phi) is 5.22. The normalized spacial score (nSPS) is 11.1. The van der Waals surface area contributed by atoms with Gasteiger partial charge in [0, 0.05) is 0 Å². The standard InChI is InChI=1S/C8H11F3O3/c1-3-14-7(12)6(2)4-13-5-8(9,10)11/h2-5H2,1H3. The molecule has 0 aliphatic carbocycles. The van der Waals surface area contributed by atoms with Crippen LogP contribution in [0.3, 0.4) is 0 Å². The van der Waals surface area contributed by atoms with Crippen LogP contribution in [0.15, 0.2) is 12.2 Å². The SMILES string of the molecule is C=C(COCC(F)(F)F)C(=O)OCC. The van der Waals surface area contributed by atoms with Gasteiger partial charge in [-0.2, -0.15) is 13.2 Å². The van der Waals surface area contributed by atoms with Crippen molar-refractivity contribution in [1.82, 2.24) is 0 Å². The molecule has 0 unspecified atom stereocenters. The van der Waals surface area contributed by atoms with Gasteiger partial charge in [-0.15, -0.1) is 0 Å². The van der Waals surface area contributed by atoms with Crippen molar-refractivity contribution in [2.45, 2.75) is 13.1 Å². The molecule has 0 spiro atoms. The number of esters is 1. The van der Waals surface area contributed by atoms with Crippen LogP contribution < -0.4 is 0 Å². The van der Waals surface area contributed by atoms with Gasteiger partial charge < -0.3 is 9.47 Å². The zero-order valence-electron chi connectivity index (χ0n) is 7.69. The molecule has 0 N–H and O–H groups in total. The van der Waals surface area contributed by atoms with E-state index in [1.165, 1.54) is 0 Å². The first-order valence-electron chi connectivity index (χ1n) is 3.86. The molecular formula is C8H11F3O3. The Morgan fingerprint density at radius 3 is 2.43 bits per heavy atom. The van der Waals surface area contributed by atoms with Crippen molar-refractivity contribution in [2.24, 2.45) is 0 Å². The number of alkyl halides is 3. The Bertz CT molecular complexity index is 210. The van der Waals surface area contributed by atoms with Gasteiger partial charge in [-0.3, -0.25) is 0 Å². The summed E-state index contributed by atoms with van der Waals surface area (Å²) >= 11 is 0. The zero-order valence-corrected chi connectivity index (χ0v) is 7.69. The largest absolute Gasteiger partial charge is 0.463 e. The minimum atomic E-state index is -4.39. The molecule has 0 aromatic heterocycles. The van der Waals surface area contributed by atoms with Gasteiger partial charge in [0.25, 0.3) is 0 Å². The number of ether oxygens (including phenoxy) is 2. The molecule has 0 aromatic rings. The molecule has 3 nitrogen and oxygen atoms in total. The van der Waals surface area contributed by atoms with Crippen LogP contribution in [0.1, 0.15) is 6.92 Å². The Morgan fingerprint density at radius 1 is 1.43 bits per heavy atom. The van der Waals surface area contributed by atoms with E-state index in [-0.39, 0.29) is 12.2 Å². The lowest BCUT2D eigenvalue weighted by Gasteiger charge is -2.08. The van der Waals surface area contributed by atoms with E-state index < -0.39 is 25.4 Å². The summed E-state index contributed by atoms with van der Waals surface area (Å²) in [5, 5.41) is 0. The molecule has 0 aromatic carbocycles. The highest BCUT2D eigenvalue weighted by molar-refractivity contribution is 5.87. The molecule has 0 rings (SSSR count). The molecule has 0 saturated carbocycles. The highest BCUT2D eigenvalue weighted by Gasteiger charge is 2.27. The van der Waals surface area contributed by atoms with E-state index in [4.69, 9.17) is 0 Å². The second-order valence-electron chi connectivity index (χ2n) is 2.43. The van der Waals surface area contributed by atoms with Crippen LogP contribution in [-0.2, 0) is 14.3 Å². The summed E-state index contributed by atoms with van der Waals surface area (Å²) in [5.74, 6) is -0.741. The van der Waals surface area contributed by atoms with Crippen molar-refractivity contribution >= 4 is 5.97 Å². The summed E-state index contributed by atoms with van der Waals surface area (Å²) in [6.45, 7) is 3.09. The molecule has 6 heteroatoms. The molecule has 0 radical (unpaired) electrons. The van der Waals surface area contributed by atoms with Gasteiger partial charge in [-0.05, 0) is 6.92 Å². The van der Waals surface area contributed by atoms with E-state index in [9.17, 15) is 18.0 Å². The molecule has 0 aliphatic rings. The third-order valence-electron chi connectivity index (χ3n) is 1.11. The predicted octanol–water partition coefficient (Wildman–Crippen LogP) is 1.68. The van der Waals surface area contributed by atoms with Crippen LogP contribution in [0.4, 0.5) is 13.2 Å². The number of rotatable bonds is 5. The lowest BCUT2D eigenvalue weighted by molar-refractivity contribution is -0.172. The smallest absolute Gasteiger partial charge is 0.411 e. The summed E-state index contributed by atoms with van der Waals surface area (Å²) in [5.41, 5.74) is -0.129. The van der Waals surface area contributed by atoms with Gasteiger partial charge in [0.15, 0.2) is 0 Å². The Hall–Kier alpha value is -1.04. The van der Waals surface area contributed by atoms with Crippen molar-refractivity contribution in [1.29, 1.82) is 0 Å². The van der Waals surface area contributed by atoms with Gasteiger partial charge in [0.05, 0.1) is 18.8 Å². The molecular weight excluding hydrogens is 201 g/mol. The number of carbonyl (C=O) groups excluding carboxylic acids is 1. The van der Waals surface area contributed by atoms with Gasteiger partial charge in [-0.1, -0.05) is 6.58 Å². The lowest BCUT2D eigenvalue weighted by atomic mass is 10.3. The van der Waals surface area contributed by atoms with Crippen LogP contribution in [-0.4, -0.2) is 32.0 Å². The van der Waals surface area contributed by atoms with Crippen molar-refractivity contribution < 1.29 is 27.4 Å². The lowest BCUT2D eigenvalue weighted by Crippen LogP contribution is -2.20. The van der Waals surface area contributed by atoms with E-state index in [1.807, 2.05) is 0 Å². The van der Waals surface area contributed by atoms with E-state index in [1.54, 1.807) is 6.92 Å². The molecule has 0 heterocycles. The highest BCUT2D eigenvalue weighted by atomic mass is 19.4. The Balaban J connectivity index is 3.70. The number of hydrogen-bond acceptors (Lipinski definition) is 3. The molecule has 0 atom stereocenters. The number of halogens is 3. The second-order valence-corrected chi connectivity index (χ2v) is 2.43. The van der Waals surface area contributed by atoms with Gasteiger partial charge in [0.1, 0.15) is 6.61 Å². The molecule has 82 valence electrons. The van der Waals surface area contributed by atoms with Gasteiger partial charge in [0.2, 0.25) is 0 Å². The third kappa shape index (κ3) is 6.47. The third-order valence-corrected chi connectivity index (χ3v) is 1.11. The van der Waals surface area contributed by atoms with Crippen molar-refractivity contribution in [3.63, 3.8) is 0 Å². The topological polar surface area (TPSA) is 35.5 Å². The van der Waals surface area contributed by atoms with Gasteiger partial charge >= 0.3 is 12.1 Å². The maximum absolute atomic E-state index is 11.6. The molecule has 0 saturated heterocycles. The quantitative estimate of drug-likeness (QED) is 0.513. The molecule has 0 aliphatic heterocycles. The molecule has 0 amide bonds.